The third-order valence-corrected chi connectivity index (χ3v) is 3.80. The first kappa shape index (κ1) is 19.3. The Morgan fingerprint density at radius 2 is 2.04 bits per heavy atom. The zero-order chi connectivity index (χ0) is 17.8. The molecule has 7 nitrogen and oxygen atoms in total. The molecular formula is C16H17N3O4S. The summed E-state index contributed by atoms with van der Waals surface area (Å²) in [6.45, 7) is -0.384. The fourth-order valence-corrected chi connectivity index (χ4v) is 2.48. The van der Waals surface area contributed by atoms with Crippen LogP contribution in [0.25, 0.3) is 0 Å². The maximum Gasteiger partial charge on any atom is 0.329 e. The van der Waals surface area contributed by atoms with Crippen LogP contribution < -0.4 is 10.1 Å². The standard InChI is InChI=1S/C16H17N3O4S/c1-22-14-5-3-2-4-12(14)15(20)19-13(6-10-24-11-8-18)16(21)23-9-7-17/h2-5,13H,6,9-11H2,1H3,(H,19,20). The number of hydrogen-bond donors (Lipinski definition) is 1. The van der Waals surface area contributed by atoms with Crippen LogP contribution in [0.5, 0.6) is 5.75 Å². The van der Waals surface area contributed by atoms with Crippen LogP contribution in [-0.4, -0.2) is 43.1 Å². The summed E-state index contributed by atoms with van der Waals surface area (Å²) in [4.78, 5) is 24.4. The van der Waals surface area contributed by atoms with Crippen molar-refractivity contribution in [2.24, 2.45) is 0 Å². The van der Waals surface area contributed by atoms with E-state index in [1.54, 1.807) is 30.3 Å². The van der Waals surface area contributed by atoms with E-state index >= 15 is 0 Å². The molecule has 0 saturated carbocycles. The molecule has 1 aromatic carbocycles. The van der Waals surface area contributed by atoms with Crippen molar-refractivity contribution < 1.29 is 19.1 Å². The van der Waals surface area contributed by atoms with E-state index in [0.717, 1.165) is 0 Å². The fraction of sp³-hybridized carbons (Fsp3) is 0.375. The normalized spacial score (nSPS) is 10.8. The van der Waals surface area contributed by atoms with Crippen molar-refractivity contribution in [3.8, 4) is 17.9 Å². The van der Waals surface area contributed by atoms with Gasteiger partial charge in [0.1, 0.15) is 17.9 Å². The molecule has 0 heterocycles. The van der Waals surface area contributed by atoms with E-state index in [1.165, 1.54) is 18.9 Å². The number of nitrogens with zero attached hydrogens (tertiary/aromatic N) is 2. The van der Waals surface area contributed by atoms with Crippen molar-refractivity contribution in [1.82, 2.24) is 5.32 Å². The van der Waals surface area contributed by atoms with E-state index in [0.29, 0.717) is 22.8 Å². The largest absolute Gasteiger partial charge is 0.496 e. The second-order valence-electron chi connectivity index (χ2n) is 4.49. The van der Waals surface area contributed by atoms with Gasteiger partial charge in [-0.15, -0.1) is 11.8 Å². The Bertz CT molecular complexity index is 651. The number of ether oxygens (including phenoxy) is 2. The van der Waals surface area contributed by atoms with Crippen molar-refractivity contribution in [1.29, 1.82) is 10.5 Å². The third-order valence-electron chi connectivity index (χ3n) is 2.94. The number of rotatable bonds is 9. The Morgan fingerprint density at radius 3 is 2.71 bits per heavy atom. The topological polar surface area (TPSA) is 112 Å². The van der Waals surface area contributed by atoms with Gasteiger partial charge in [0, 0.05) is 0 Å². The molecule has 0 aliphatic carbocycles. The van der Waals surface area contributed by atoms with Gasteiger partial charge < -0.3 is 14.8 Å². The average molecular weight is 347 g/mol. The maximum atomic E-state index is 12.4. The van der Waals surface area contributed by atoms with Crippen molar-refractivity contribution in [2.75, 3.05) is 25.2 Å². The molecule has 8 heteroatoms. The Kier molecular flexibility index (Phi) is 8.80. The Hall–Kier alpha value is -2.71. The van der Waals surface area contributed by atoms with Gasteiger partial charge in [-0.05, 0) is 24.3 Å². The van der Waals surface area contributed by atoms with Crippen LogP contribution in [0.3, 0.4) is 0 Å². The molecule has 0 aromatic heterocycles. The van der Waals surface area contributed by atoms with Crippen LogP contribution in [0, 0.1) is 22.7 Å². The Labute approximate surface area is 144 Å². The highest BCUT2D eigenvalue weighted by Gasteiger charge is 2.24. The van der Waals surface area contributed by atoms with E-state index in [-0.39, 0.29) is 13.0 Å². The summed E-state index contributed by atoms with van der Waals surface area (Å²) >= 11 is 1.34. The predicted octanol–water partition coefficient (Wildman–Crippen LogP) is 1.51. The van der Waals surface area contributed by atoms with Gasteiger partial charge >= 0.3 is 5.97 Å². The molecular weight excluding hydrogens is 330 g/mol. The number of hydrogen-bond acceptors (Lipinski definition) is 7. The summed E-state index contributed by atoms with van der Waals surface area (Å²) in [5.41, 5.74) is 0.294. The number of nitriles is 2. The summed E-state index contributed by atoms with van der Waals surface area (Å²) in [7, 11) is 1.45. The number of thioether (sulfide) groups is 1. The molecule has 1 unspecified atom stereocenters. The fourth-order valence-electron chi connectivity index (χ4n) is 1.84. The van der Waals surface area contributed by atoms with E-state index in [4.69, 9.17) is 20.0 Å². The van der Waals surface area contributed by atoms with Gasteiger partial charge in [0.05, 0.1) is 24.5 Å². The summed E-state index contributed by atoms with van der Waals surface area (Å²) in [5.74, 6) is 0.0129. The van der Waals surface area contributed by atoms with E-state index in [9.17, 15) is 9.59 Å². The minimum absolute atomic E-state index is 0.289. The van der Waals surface area contributed by atoms with Gasteiger partial charge in [0.25, 0.3) is 5.91 Å². The number of amides is 1. The second-order valence-corrected chi connectivity index (χ2v) is 5.60. The lowest BCUT2D eigenvalue weighted by molar-refractivity contribution is -0.144. The third kappa shape index (κ3) is 6.19. The lowest BCUT2D eigenvalue weighted by Crippen LogP contribution is -2.42. The minimum Gasteiger partial charge on any atom is -0.496 e. The minimum atomic E-state index is -0.901. The first-order valence-electron chi connectivity index (χ1n) is 7.06. The number of esters is 1. The van der Waals surface area contributed by atoms with Crippen LogP contribution >= 0.6 is 11.8 Å². The van der Waals surface area contributed by atoms with Crippen LogP contribution in [-0.2, 0) is 9.53 Å². The van der Waals surface area contributed by atoms with Crippen LogP contribution in [0.1, 0.15) is 16.8 Å². The van der Waals surface area contributed by atoms with Crippen molar-refractivity contribution >= 4 is 23.6 Å². The molecule has 0 saturated heterocycles. The number of benzene rings is 1. The molecule has 0 fully saturated rings. The highest BCUT2D eigenvalue weighted by Crippen LogP contribution is 2.17. The number of carbonyl (C=O) groups excluding carboxylic acids is 2. The number of methoxy groups -OCH3 is 1. The van der Waals surface area contributed by atoms with Crippen molar-refractivity contribution in [3.05, 3.63) is 29.8 Å². The van der Waals surface area contributed by atoms with Crippen LogP contribution in [0.2, 0.25) is 0 Å². The lowest BCUT2D eigenvalue weighted by Gasteiger charge is -2.17. The van der Waals surface area contributed by atoms with E-state index in [1.807, 2.05) is 6.07 Å². The number of para-hydroxylation sites is 1. The molecule has 1 rings (SSSR count). The monoisotopic (exact) mass is 347 g/mol. The molecule has 0 aliphatic heterocycles. The molecule has 0 spiro atoms. The quantitative estimate of drug-likeness (QED) is 0.532. The Morgan fingerprint density at radius 1 is 1.29 bits per heavy atom. The number of carbonyl (C=O) groups is 2. The first-order chi connectivity index (χ1) is 11.6. The molecule has 0 bridgehead atoms. The van der Waals surface area contributed by atoms with Crippen molar-refractivity contribution in [3.63, 3.8) is 0 Å². The molecule has 24 heavy (non-hydrogen) atoms. The number of nitrogens with one attached hydrogen (secondary N) is 1. The molecule has 0 radical (unpaired) electrons. The van der Waals surface area contributed by atoms with Gasteiger partial charge in [-0.25, -0.2) is 4.79 Å². The van der Waals surface area contributed by atoms with E-state index < -0.39 is 17.9 Å². The van der Waals surface area contributed by atoms with E-state index in [2.05, 4.69) is 5.32 Å². The van der Waals surface area contributed by atoms with Crippen LogP contribution in [0.15, 0.2) is 24.3 Å². The highest BCUT2D eigenvalue weighted by molar-refractivity contribution is 7.99. The zero-order valence-electron chi connectivity index (χ0n) is 13.2. The smallest absolute Gasteiger partial charge is 0.329 e. The summed E-state index contributed by atoms with van der Waals surface area (Å²) in [6, 6.07) is 9.43. The predicted molar refractivity (Wildman–Crippen MR) is 88.4 cm³/mol. The van der Waals surface area contributed by atoms with Gasteiger partial charge in [-0.2, -0.15) is 10.5 Å². The summed E-state index contributed by atoms with van der Waals surface area (Å²) < 4.78 is 9.91. The van der Waals surface area contributed by atoms with Gasteiger partial charge in [0.15, 0.2) is 6.61 Å². The maximum absolute atomic E-state index is 12.4. The second kappa shape index (κ2) is 10.9. The molecule has 1 aromatic rings. The molecule has 1 N–H and O–H groups in total. The highest BCUT2D eigenvalue weighted by atomic mass is 32.2. The zero-order valence-corrected chi connectivity index (χ0v) is 14.0. The Balaban J connectivity index is 2.78. The van der Waals surface area contributed by atoms with Gasteiger partial charge in [0.2, 0.25) is 0 Å². The van der Waals surface area contributed by atoms with Gasteiger partial charge in [-0.3, -0.25) is 4.79 Å². The first-order valence-corrected chi connectivity index (χ1v) is 8.21. The summed E-state index contributed by atoms with van der Waals surface area (Å²) in [6.07, 6.45) is 0.289. The SMILES string of the molecule is COc1ccccc1C(=O)NC(CCSCC#N)C(=O)OCC#N. The lowest BCUT2D eigenvalue weighted by atomic mass is 10.1. The van der Waals surface area contributed by atoms with Crippen LogP contribution in [0.4, 0.5) is 0 Å². The molecule has 0 aliphatic rings. The molecule has 1 atom stereocenters. The van der Waals surface area contributed by atoms with Gasteiger partial charge in [-0.1, -0.05) is 12.1 Å². The summed E-state index contributed by atoms with van der Waals surface area (Å²) in [5, 5.41) is 19.6. The van der Waals surface area contributed by atoms with Crippen molar-refractivity contribution in [2.45, 2.75) is 12.5 Å². The molecule has 1 amide bonds. The average Bonchev–Trinajstić information content (AvgIpc) is 2.61. The molecule has 126 valence electrons.